The molecule has 0 amide bonds. The van der Waals surface area contributed by atoms with E-state index in [0.717, 1.165) is 13.1 Å². The van der Waals surface area contributed by atoms with Crippen molar-refractivity contribution in [3.63, 3.8) is 0 Å². The van der Waals surface area contributed by atoms with Gasteiger partial charge in [-0.05, 0) is 6.42 Å². The van der Waals surface area contributed by atoms with Crippen LogP contribution in [-0.4, -0.2) is 17.9 Å². The summed E-state index contributed by atoms with van der Waals surface area (Å²) in [5.41, 5.74) is 0. The average molecular weight is 192 g/mol. The Kier molecular flexibility index (Phi) is 6.43. The Hall–Kier alpha value is 0.180. The van der Waals surface area contributed by atoms with Crippen molar-refractivity contribution in [2.45, 2.75) is 18.2 Å². The summed E-state index contributed by atoms with van der Waals surface area (Å²) in [5, 5.41) is 3.22. The molecule has 0 aromatic heterocycles. The van der Waals surface area contributed by atoms with Crippen molar-refractivity contribution in [2.24, 2.45) is 0 Å². The fourth-order valence-electron chi connectivity index (χ4n) is 0.486. The lowest BCUT2D eigenvalue weighted by Gasteiger charge is -2.05. The van der Waals surface area contributed by atoms with Crippen molar-refractivity contribution in [1.29, 1.82) is 0 Å². The van der Waals surface area contributed by atoms with E-state index in [1.807, 2.05) is 6.08 Å². The minimum atomic E-state index is 0.609. The molecule has 0 heterocycles. The first kappa shape index (κ1) is 9.18. The highest BCUT2D eigenvalue weighted by Gasteiger charge is 1.96. The van der Waals surface area contributed by atoms with Crippen LogP contribution in [0.25, 0.3) is 0 Å². The first-order chi connectivity index (χ1) is 4.31. The minimum absolute atomic E-state index is 0.609. The number of hydrogen-bond donors (Lipinski definition) is 1. The van der Waals surface area contributed by atoms with E-state index in [9.17, 15) is 0 Å². The Bertz CT molecular complexity index is 73.3. The molecule has 0 radical (unpaired) electrons. The largest absolute Gasteiger partial charge is 0.312 e. The zero-order valence-corrected chi connectivity index (χ0v) is 7.45. The van der Waals surface area contributed by atoms with Gasteiger partial charge in [0.1, 0.15) is 0 Å². The Morgan fingerprint density at radius 3 is 2.89 bits per heavy atom. The molecule has 0 aliphatic rings. The van der Waals surface area contributed by atoms with Crippen molar-refractivity contribution in [1.82, 2.24) is 5.32 Å². The molecule has 0 saturated heterocycles. The fraction of sp³-hybridized carbons (Fsp3) is 0.714. The molecule has 0 aromatic rings. The highest BCUT2D eigenvalue weighted by molar-refractivity contribution is 9.09. The van der Waals surface area contributed by atoms with Gasteiger partial charge in [-0.1, -0.05) is 28.9 Å². The van der Waals surface area contributed by atoms with E-state index in [2.05, 4.69) is 34.7 Å². The molecule has 0 aliphatic heterocycles. The van der Waals surface area contributed by atoms with Crippen molar-refractivity contribution in [2.75, 3.05) is 13.1 Å². The summed E-state index contributed by atoms with van der Waals surface area (Å²) in [6.07, 6.45) is 3.04. The number of rotatable bonds is 5. The van der Waals surface area contributed by atoms with Crippen molar-refractivity contribution < 1.29 is 0 Å². The van der Waals surface area contributed by atoms with Crippen LogP contribution in [0, 0.1) is 0 Å². The predicted molar refractivity (Wildman–Crippen MR) is 46.1 cm³/mol. The molecule has 0 rings (SSSR count). The molecule has 0 spiro atoms. The van der Waals surface area contributed by atoms with Gasteiger partial charge in [-0.3, -0.25) is 0 Å². The molecular weight excluding hydrogens is 178 g/mol. The molecule has 9 heavy (non-hydrogen) atoms. The lowest BCUT2D eigenvalue weighted by Crippen LogP contribution is -2.22. The minimum Gasteiger partial charge on any atom is -0.312 e. The van der Waals surface area contributed by atoms with Crippen LogP contribution in [0.1, 0.15) is 13.3 Å². The monoisotopic (exact) mass is 191 g/mol. The van der Waals surface area contributed by atoms with Crippen LogP contribution in [0.4, 0.5) is 0 Å². The summed E-state index contributed by atoms with van der Waals surface area (Å²) in [6, 6.07) is 0. The highest BCUT2D eigenvalue weighted by atomic mass is 79.9. The van der Waals surface area contributed by atoms with E-state index in [0.29, 0.717) is 4.83 Å². The van der Waals surface area contributed by atoms with E-state index in [1.54, 1.807) is 0 Å². The molecule has 0 fully saturated rings. The van der Waals surface area contributed by atoms with Gasteiger partial charge in [0.25, 0.3) is 0 Å². The average Bonchev–Trinajstić information content (AvgIpc) is 1.89. The van der Waals surface area contributed by atoms with Crippen LogP contribution in [-0.2, 0) is 0 Å². The van der Waals surface area contributed by atoms with Crippen molar-refractivity contribution in [3.8, 4) is 0 Å². The normalized spacial score (nSPS) is 13.1. The SMILES string of the molecule is C=CCNCC(Br)CC. The van der Waals surface area contributed by atoms with Gasteiger partial charge < -0.3 is 5.32 Å². The summed E-state index contributed by atoms with van der Waals surface area (Å²) in [4.78, 5) is 0.609. The molecule has 2 heteroatoms. The first-order valence-corrected chi connectivity index (χ1v) is 4.18. The van der Waals surface area contributed by atoms with Crippen LogP contribution < -0.4 is 5.32 Å². The molecule has 1 N–H and O–H groups in total. The second kappa shape index (κ2) is 6.30. The topological polar surface area (TPSA) is 12.0 Å². The zero-order valence-electron chi connectivity index (χ0n) is 5.86. The second-order valence-electron chi connectivity index (χ2n) is 1.95. The fourth-order valence-corrected chi connectivity index (χ4v) is 0.715. The van der Waals surface area contributed by atoms with Gasteiger partial charge >= 0.3 is 0 Å². The molecule has 0 aliphatic carbocycles. The first-order valence-electron chi connectivity index (χ1n) is 3.27. The van der Waals surface area contributed by atoms with Crippen LogP contribution >= 0.6 is 15.9 Å². The Labute approximate surface area is 65.7 Å². The van der Waals surface area contributed by atoms with Gasteiger partial charge in [0, 0.05) is 17.9 Å². The number of hydrogen-bond acceptors (Lipinski definition) is 1. The lowest BCUT2D eigenvalue weighted by atomic mass is 10.3. The summed E-state index contributed by atoms with van der Waals surface area (Å²) < 4.78 is 0. The number of halogens is 1. The van der Waals surface area contributed by atoms with Gasteiger partial charge in [0.05, 0.1) is 0 Å². The third-order valence-corrected chi connectivity index (χ3v) is 2.07. The third kappa shape index (κ3) is 6.06. The molecule has 1 unspecified atom stereocenters. The number of alkyl halides is 1. The second-order valence-corrected chi connectivity index (χ2v) is 3.25. The maximum absolute atomic E-state index is 3.61. The van der Waals surface area contributed by atoms with E-state index >= 15 is 0 Å². The lowest BCUT2D eigenvalue weighted by molar-refractivity contribution is 0.703. The molecule has 1 nitrogen and oxygen atoms in total. The van der Waals surface area contributed by atoms with Gasteiger partial charge in [0.2, 0.25) is 0 Å². The Balaban J connectivity index is 2.96. The molecular formula is C7H14BrN. The van der Waals surface area contributed by atoms with E-state index in [4.69, 9.17) is 0 Å². The standard InChI is InChI=1S/C7H14BrN/c1-3-5-9-6-7(8)4-2/h3,7,9H,1,4-6H2,2H3. The Morgan fingerprint density at radius 1 is 1.78 bits per heavy atom. The maximum Gasteiger partial charge on any atom is 0.0268 e. The molecule has 0 saturated carbocycles. The van der Waals surface area contributed by atoms with Gasteiger partial charge in [-0.15, -0.1) is 6.58 Å². The van der Waals surface area contributed by atoms with Gasteiger partial charge in [-0.25, -0.2) is 0 Å². The van der Waals surface area contributed by atoms with Crippen LogP contribution in [0.3, 0.4) is 0 Å². The van der Waals surface area contributed by atoms with E-state index < -0.39 is 0 Å². The van der Waals surface area contributed by atoms with Crippen LogP contribution in [0.2, 0.25) is 0 Å². The number of nitrogens with one attached hydrogen (secondary N) is 1. The molecule has 1 atom stereocenters. The van der Waals surface area contributed by atoms with Crippen LogP contribution in [0.15, 0.2) is 12.7 Å². The smallest absolute Gasteiger partial charge is 0.0268 e. The maximum atomic E-state index is 3.61. The summed E-state index contributed by atoms with van der Waals surface area (Å²) in [6.45, 7) is 7.70. The summed E-state index contributed by atoms with van der Waals surface area (Å²) in [7, 11) is 0. The molecule has 0 aromatic carbocycles. The van der Waals surface area contributed by atoms with Crippen molar-refractivity contribution in [3.05, 3.63) is 12.7 Å². The van der Waals surface area contributed by atoms with E-state index in [-0.39, 0.29) is 0 Å². The molecule has 54 valence electrons. The van der Waals surface area contributed by atoms with E-state index in [1.165, 1.54) is 6.42 Å². The Morgan fingerprint density at radius 2 is 2.44 bits per heavy atom. The summed E-state index contributed by atoms with van der Waals surface area (Å²) in [5.74, 6) is 0. The summed E-state index contributed by atoms with van der Waals surface area (Å²) >= 11 is 3.51. The van der Waals surface area contributed by atoms with Crippen molar-refractivity contribution >= 4 is 15.9 Å². The third-order valence-electron chi connectivity index (χ3n) is 1.10. The van der Waals surface area contributed by atoms with Gasteiger partial charge in [-0.2, -0.15) is 0 Å². The molecule has 0 bridgehead atoms. The predicted octanol–water partition coefficient (Wildman–Crippen LogP) is 1.94. The van der Waals surface area contributed by atoms with Gasteiger partial charge in [0.15, 0.2) is 0 Å². The quantitative estimate of drug-likeness (QED) is 0.398. The zero-order chi connectivity index (χ0) is 7.11. The van der Waals surface area contributed by atoms with Crippen LogP contribution in [0.5, 0.6) is 0 Å². The highest BCUT2D eigenvalue weighted by Crippen LogP contribution is 2.00.